The molecule has 0 radical (unpaired) electrons. The van der Waals surface area contributed by atoms with E-state index < -0.39 is 0 Å². The third kappa shape index (κ3) is 4.26. The quantitative estimate of drug-likeness (QED) is 0.851. The Morgan fingerprint density at radius 1 is 1.38 bits per heavy atom. The molecule has 0 aliphatic carbocycles. The zero-order valence-electron chi connectivity index (χ0n) is 14.9. The Bertz CT molecular complexity index is 557. The second-order valence-electron chi connectivity index (χ2n) is 7.14. The van der Waals surface area contributed by atoms with Crippen LogP contribution < -0.4 is 4.90 Å². The van der Waals surface area contributed by atoms with Crippen molar-refractivity contribution in [1.82, 2.24) is 9.88 Å². The van der Waals surface area contributed by atoms with Crippen molar-refractivity contribution in [3.05, 3.63) is 23.9 Å². The van der Waals surface area contributed by atoms with Crippen molar-refractivity contribution in [2.24, 2.45) is 5.92 Å². The van der Waals surface area contributed by atoms with Gasteiger partial charge in [0.2, 0.25) is 5.91 Å². The Morgan fingerprint density at radius 2 is 2.25 bits per heavy atom. The van der Waals surface area contributed by atoms with Gasteiger partial charge < -0.3 is 14.5 Å². The molecule has 2 atom stereocenters. The highest BCUT2D eigenvalue weighted by molar-refractivity contribution is 5.76. The number of hydrogen-bond donors (Lipinski definition) is 0. The Labute approximate surface area is 145 Å². The molecule has 2 saturated heterocycles. The van der Waals surface area contributed by atoms with Crippen LogP contribution in [0.4, 0.5) is 5.82 Å². The van der Waals surface area contributed by atoms with Gasteiger partial charge in [0.25, 0.3) is 0 Å². The van der Waals surface area contributed by atoms with E-state index in [1.807, 2.05) is 19.1 Å². The maximum atomic E-state index is 12.6. The summed E-state index contributed by atoms with van der Waals surface area (Å²) in [6, 6.07) is 6.35. The van der Waals surface area contributed by atoms with Gasteiger partial charge in [0.05, 0.1) is 0 Å². The van der Waals surface area contributed by atoms with Crippen molar-refractivity contribution in [3.63, 3.8) is 0 Å². The van der Waals surface area contributed by atoms with E-state index in [4.69, 9.17) is 4.74 Å². The van der Waals surface area contributed by atoms with Gasteiger partial charge in [0.1, 0.15) is 5.82 Å². The van der Waals surface area contributed by atoms with Gasteiger partial charge in [-0.2, -0.15) is 0 Å². The zero-order chi connectivity index (χ0) is 16.9. The largest absolute Gasteiger partial charge is 0.381 e. The van der Waals surface area contributed by atoms with Crippen molar-refractivity contribution in [2.75, 3.05) is 37.7 Å². The van der Waals surface area contributed by atoms with Gasteiger partial charge in [-0.1, -0.05) is 6.07 Å². The molecule has 2 aliphatic heterocycles. The van der Waals surface area contributed by atoms with Crippen LogP contribution in [-0.2, 0) is 9.53 Å². The summed E-state index contributed by atoms with van der Waals surface area (Å²) in [5.41, 5.74) is 1.04. The maximum absolute atomic E-state index is 12.6. The number of carbonyl (C=O) groups excluding carboxylic acids is 1. The number of aromatic nitrogens is 1. The summed E-state index contributed by atoms with van der Waals surface area (Å²) in [5.74, 6) is 1.88. The van der Waals surface area contributed by atoms with E-state index in [0.29, 0.717) is 18.2 Å². The van der Waals surface area contributed by atoms with Gasteiger partial charge in [-0.3, -0.25) is 4.79 Å². The molecule has 0 saturated carbocycles. The second kappa shape index (κ2) is 7.97. The Kier molecular flexibility index (Phi) is 5.72. The highest BCUT2D eigenvalue weighted by Gasteiger charge is 2.28. The number of aryl methyl sites for hydroxylation is 1. The molecular formula is C19H29N3O2. The predicted molar refractivity (Wildman–Crippen MR) is 95.1 cm³/mol. The molecule has 2 aliphatic rings. The lowest BCUT2D eigenvalue weighted by molar-refractivity contribution is -0.134. The molecule has 0 unspecified atom stereocenters. The number of amides is 1. The third-order valence-corrected chi connectivity index (χ3v) is 5.17. The summed E-state index contributed by atoms with van der Waals surface area (Å²) in [5, 5.41) is 0. The summed E-state index contributed by atoms with van der Waals surface area (Å²) >= 11 is 0. The van der Waals surface area contributed by atoms with Gasteiger partial charge in [-0.25, -0.2) is 4.98 Å². The number of pyridine rings is 1. The van der Waals surface area contributed by atoms with E-state index in [1.54, 1.807) is 0 Å². The van der Waals surface area contributed by atoms with Crippen LogP contribution in [0.25, 0.3) is 0 Å². The molecule has 3 heterocycles. The molecule has 1 amide bonds. The fourth-order valence-corrected chi connectivity index (χ4v) is 3.75. The minimum absolute atomic E-state index is 0.233. The summed E-state index contributed by atoms with van der Waals surface area (Å²) in [4.78, 5) is 21.5. The molecule has 24 heavy (non-hydrogen) atoms. The van der Waals surface area contributed by atoms with E-state index >= 15 is 0 Å². The first kappa shape index (κ1) is 17.2. The Balaban J connectivity index is 1.50. The minimum Gasteiger partial charge on any atom is -0.381 e. The standard InChI is InChI=1S/C19H29N3O2/c1-15-5-3-7-18(20-15)21-10-11-22(16(2)13-21)19(23)9-8-17-6-4-12-24-14-17/h3,5,7,16-17H,4,6,8-14H2,1-2H3/t16-,17-/m1/s1. The van der Waals surface area contributed by atoms with Gasteiger partial charge in [0.15, 0.2) is 0 Å². The minimum atomic E-state index is 0.233. The topological polar surface area (TPSA) is 45.7 Å². The van der Waals surface area contributed by atoms with Crippen LogP contribution in [0.15, 0.2) is 18.2 Å². The average Bonchev–Trinajstić information content (AvgIpc) is 2.60. The smallest absolute Gasteiger partial charge is 0.222 e. The Morgan fingerprint density at radius 3 is 2.96 bits per heavy atom. The van der Waals surface area contributed by atoms with E-state index in [1.165, 1.54) is 6.42 Å². The lowest BCUT2D eigenvalue weighted by Gasteiger charge is -2.40. The maximum Gasteiger partial charge on any atom is 0.222 e. The lowest BCUT2D eigenvalue weighted by Crippen LogP contribution is -2.54. The van der Waals surface area contributed by atoms with Crippen LogP contribution in [0.1, 0.15) is 38.3 Å². The highest BCUT2D eigenvalue weighted by atomic mass is 16.5. The lowest BCUT2D eigenvalue weighted by atomic mass is 9.96. The molecule has 0 bridgehead atoms. The van der Waals surface area contributed by atoms with Crippen LogP contribution in [0, 0.1) is 12.8 Å². The molecule has 0 N–H and O–H groups in total. The molecule has 1 aromatic rings. The molecule has 5 heteroatoms. The summed E-state index contributed by atoms with van der Waals surface area (Å²) < 4.78 is 5.52. The van der Waals surface area contributed by atoms with Gasteiger partial charge >= 0.3 is 0 Å². The second-order valence-corrected chi connectivity index (χ2v) is 7.14. The van der Waals surface area contributed by atoms with E-state index in [-0.39, 0.29) is 6.04 Å². The SMILES string of the molecule is Cc1cccc(N2CCN(C(=O)CC[C@H]3CCCOC3)[C@H](C)C2)n1. The number of carbonyl (C=O) groups is 1. The number of piperazine rings is 1. The molecule has 3 rings (SSSR count). The fourth-order valence-electron chi connectivity index (χ4n) is 3.75. The predicted octanol–water partition coefficient (Wildman–Crippen LogP) is 2.63. The number of nitrogens with zero attached hydrogens (tertiary/aromatic N) is 3. The number of rotatable bonds is 4. The van der Waals surface area contributed by atoms with Crippen molar-refractivity contribution >= 4 is 11.7 Å². The molecule has 0 spiro atoms. The monoisotopic (exact) mass is 331 g/mol. The van der Waals surface area contributed by atoms with Gasteiger partial charge in [0, 0.05) is 51.0 Å². The Hall–Kier alpha value is -1.62. The first-order chi connectivity index (χ1) is 11.6. The third-order valence-electron chi connectivity index (χ3n) is 5.17. The molecule has 0 aromatic carbocycles. The van der Waals surface area contributed by atoms with Gasteiger partial charge in [-0.05, 0) is 51.2 Å². The van der Waals surface area contributed by atoms with Crippen molar-refractivity contribution in [2.45, 2.75) is 45.6 Å². The normalized spacial score (nSPS) is 24.9. The van der Waals surface area contributed by atoms with Gasteiger partial charge in [-0.15, -0.1) is 0 Å². The van der Waals surface area contributed by atoms with E-state index in [2.05, 4.69) is 27.8 Å². The summed E-state index contributed by atoms with van der Waals surface area (Å²) in [7, 11) is 0. The number of anilines is 1. The van der Waals surface area contributed by atoms with Crippen LogP contribution >= 0.6 is 0 Å². The zero-order valence-corrected chi connectivity index (χ0v) is 14.9. The first-order valence-electron chi connectivity index (χ1n) is 9.19. The number of ether oxygens (including phenoxy) is 1. The molecule has 1 aromatic heterocycles. The molecule has 5 nitrogen and oxygen atoms in total. The van der Waals surface area contributed by atoms with E-state index in [9.17, 15) is 4.79 Å². The van der Waals surface area contributed by atoms with Crippen LogP contribution in [-0.4, -0.2) is 54.7 Å². The first-order valence-corrected chi connectivity index (χ1v) is 9.19. The summed E-state index contributed by atoms with van der Waals surface area (Å²) in [6.07, 6.45) is 3.96. The average molecular weight is 331 g/mol. The van der Waals surface area contributed by atoms with Crippen LogP contribution in [0.5, 0.6) is 0 Å². The molecule has 2 fully saturated rings. The fraction of sp³-hybridized carbons (Fsp3) is 0.684. The van der Waals surface area contributed by atoms with E-state index in [0.717, 1.165) is 57.2 Å². The van der Waals surface area contributed by atoms with Crippen molar-refractivity contribution < 1.29 is 9.53 Å². The van der Waals surface area contributed by atoms with Crippen LogP contribution in [0.2, 0.25) is 0 Å². The van der Waals surface area contributed by atoms with Crippen molar-refractivity contribution in [1.29, 1.82) is 0 Å². The van der Waals surface area contributed by atoms with Crippen LogP contribution in [0.3, 0.4) is 0 Å². The molecular weight excluding hydrogens is 302 g/mol. The highest BCUT2D eigenvalue weighted by Crippen LogP contribution is 2.22. The molecule has 132 valence electrons. The summed E-state index contributed by atoms with van der Waals surface area (Å²) in [6.45, 7) is 8.38. The number of hydrogen-bond acceptors (Lipinski definition) is 4. The van der Waals surface area contributed by atoms with Crippen molar-refractivity contribution in [3.8, 4) is 0 Å².